The first-order chi connectivity index (χ1) is 10.1. The third kappa shape index (κ3) is 2.00. The van der Waals surface area contributed by atoms with Crippen LogP contribution in [0.5, 0.6) is 0 Å². The van der Waals surface area contributed by atoms with Gasteiger partial charge in [0, 0.05) is 7.05 Å². The van der Waals surface area contributed by atoms with E-state index in [1.807, 2.05) is 0 Å². The van der Waals surface area contributed by atoms with E-state index in [9.17, 15) is 15.0 Å². The molecule has 0 amide bonds. The van der Waals surface area contributed by atoms with Crippen LogP contribution in [-0.4, -0.2) is 66.8 Å². The first kappa shape index (κ1) is 13.9. The van der Waals surface area contributed by atoms with Gasteiger partial charge in [0.1, 0.15) is 18.3 Å². The van der Waals surface area contributed by atoms with Gasteiger partial charge in [-0.3, -0.25) is 9.36 Å². The van der Waals surface area contributed by atoms with Gasteiger partial charge < -0.3 is 30.4 Å². The van der Waals surface area contributed by atoms with Crippen LogP contribution >= 0.6 is 0 Å². The van der Waals surface area contributed by atoms with Crippen molar-refractivity contribution in [2.45, 2.75) is 24.5 Å². The van der Waals surface area contributed by atoms with E-state index in [0.717, 1.165) is 0 Å². The molecule has 10 heteroatoms. The van der Waals surface area contributed by atoms with Crippen LogP contribution in [0.4, 0.5) is 5.95 Å². The van der Waals surface area contributed by atoms with E-state index < -0.39 is 36.7 Å². The highest BCUT2D eigenvalue weighted by molar-refractivity contribution is 5.73. The molecule has 1 fully saturated rings. The number of nitrogens with zero attached hydrogens (tertiary/aromatic N) is 3. The Morgan fingerprint density at radius 3 is 2.86 bits per heavy atom. The minimum atomic E-state index is -1.28. The van der Waals surface area contributed by atoms with Crippen LogP contribution in [0.3, 0.4) is 0 Å². The molecular formula is C11H15N5O5. The van der Waals surface area contributed by atoms with E-state index in [1.165, 1.54) is 10.9 Å². The molecule has 0 aliphatic carbocycles. The SMILES string of the molecule is CNc1nc2c(=O)[nH]cnc2n1[C@H]1O[C@H](CO)[C@@H](O)[C@@H]1O. The molecule has 0 radical (unpaired) electrons. The summed E-state index contributed by atoms with van der Waals surface area (Å²) in [5, 5.41) is 31.9. The molecule has 10 nitrogen and oxygen atoms in total. The minimum absolute atomic E-state index is 0.0830. The fourth-order valence-corrected chi connectivity index (χ4v) is 2.43. The lowest BCUT2D eigenvalue weighted by atomic mass is 10.1. The van der Waals surface area contributed by atoms with Gasteiger partial charge in [-0.2, -0.15) is 0 Å². The summed E-state index contributed by atoms with van der Waals surface area (Å²) in [5.74, 6) is 0.254. The van der Waals surface area contributed by atoms with E-state index in [4.69, 9.17) is 9.84 Å². The van der Waals surface area contributed by atoms with Crippen molar-refractivity contribution < 1.29 is 20.1 Å². The van der Waals surface area contributed by atoms with Crippen LogP contribution in [0.1, 0.15) is 6.23 Å². The number of ether oxygens (including phenoxy) is 1. The van der Waals surface area contributed by atoms with Crippen molar-refractivity contribution in [1.29, 1.82) is 0 Å². The molecule has 0 saturated carbocycles. The number of aromatic amines is 1. The number of imidazole rings is 1. The number of nitrogens with one attached hydrogen (secondary N) is 2. The monoisotopic (exact) mass is 297 g/mol. The second-order valence-electron chi connectivity index (χ2n) is 4.69. The summed E-state index contributed by atoms with van der Waals surface area (Å²) in [4.78, 5) is 22.3. The number of aromatic nitrogens is 4. The minimum Gasteiger partial charge on any atom is -0.394 e. The van der Waals surface area contributed by atoms with E-state index in [0.29, 0.717) is 0 Å². The second-order valence-corrected chi connectivity index (χ2v) is 4.69. The number of H-pyrrole nitrogens is 1. The largest absolute Gasteiger partial charge is 0.394 e. The Bertz CT molecular complexity index is 713. The summed E-state index contributed by atoms with van der Waals surface area (Å²) in [6.07, 6.45) is -3.26. The summed E-state index contributed by atoms with van der Waals surface area (Å²) in [6.45, 7) is -0.440. The van der Waals surface area contributed by atoms with Crippen molar-refractivity contribution in [3.63, 3.8) is 0 Å². The number of anilines is 1. The highest BCUT2D eigenvalue weighted by atomic mass is 16.6. The van der Waals surface area contributed by atoms with Gasteiger partial charge in [0.25, 0.3) is 5.56 Å². The Labute approximate surface area is 118 Å². The number of hydrogen-bond donors (Lipinski definition) is 5. The van der Waals surface area contributed by atoms with Gasteiger partial charge in [-0.05, 0) is 0 Å². The van der Waals surface area contributed by atoms with Gasteiger partial charge in [0.05, 0.1) is 12.9 Å². The van der Waals surface area contributed by atoms with E-state index >= 15 is 0 Å². The lowest BCUT2D eigenvalue weighted by Gasteiger charge is -2.18. The van der Waals surface area contributed by atoms with Crippen LogP contribution < -0.4 is 10.9 Å². The van der Waals surface area contributed by atoms with Gasteiger partial charge in [-0.1, -0.05) is 0 Å². The summed E-state index contributed by atoms with van der Waals surface area (Å²) in [7, 11) is 1.59. The van der Waals surface area contributed by atoms with Gasteiger partial charge in [-0.15, -0.1) is 0 Å². The van der Waals surface area contributed by atoms with E-state index in [-0.39, 0.29) is 17.1 Å². The van der Waals surface area contributed by atoms with E-state index in [1.54, 1.807) is 7.05 Å². The maximum absolute atomic E-state index is 11.7. The molecule has 21 heavy (non-hydrogen) atoms. The van der Waals surface area contributed by atoms with Crippen molar-refractivity contribution in [1.82, 2.24) is 19.5 Å². The van der Waals surface area contributed by atoms with Crippen LogP contribution in [0.2, 0.25) is 0 Å². The predicted octanol–water partition coefficient (Wildman–Crippen LogP) is -2.23. The molecule has 2 aromatic heterocycles. The molecule has 0 unspecified atom stereocenters. The molecule has 2 aromatic rings. The first-order valence-corrected chi connectivity index (χ1v) is 6.34. The number of rotatable bonds is 3. The predicted molar refractivity (Wildman–Crippen MR) is 70.7 cm³/mol. The Hall–Kier alpha value is -2.01. The van der Waals surface area contributed by atoms with Gasteiger partial charge in [0.15, 0.2) is 17.4 Å². The van der Waals surface area contributed by atoms with Crippen LogP contribution in [-0.2, 0) is 4.74 Å². The van der Waals surface area contributed by atoms with Crippen LogP contribution in [0, 0.1) is 0 Å². The maximum Gasteiger partial charge on any atom is 0.278 e. The van der Waals surface area contributed by atoms with Gasteiger partial charge >= 0.3 is 0 Å². The number of hydrogen-bond acceptors (Lipinski definition) is 8. The topological polar surface area (TPSA) is 146 Å². The molecule has 0 spiro atoms. The summed E-state index contributed by atoms with van der Waals surface area (Å²) >= 11 is 0. The van der Waals surface area contributed by atoms with Crippen LogP contribution in [0.15, 0.2) is 11.1 Å². The van der Waals surface area contributed by atoms with Crippen molar-refractivity contribution in [3.05, 3.63) is 16.7 Å². The molecule has 4 atom stereocenters. The van der Waals surface area contributed by atoms with Crippen molar-refractivity contribution in [2.75, 3.05) is 19.0 Å². The fourth-order valence-electron chi connectivity index (χ4n) is 2.43. The normalized spacial score (nSPS) is 29.1. The molecule has 0 aromatic carbocycles. The van der Waals surface area contributed by atoms with Crippen molar-refractivity contribution in [2.24, 2.45) is 0 Å². The standard InChI is InChI=1S/C11H15N5O5/c1-12-11-15-5-8(13-3-14-9(5)20)16(11)10-7(19)6(18)4(2-17)21-10/h3-4,6-7,10,17-19H,2H2,1H3,(H,12,15)(H,13,14,20)/t4-,6-,7+,10+/m1/s1. The molecule has 1 saturated heterocycles. The second kappa shape index (κ2) is 5.07. The Kier molecular flexibility index (Phi) is 3.37. The number of aliphatic hydroxyl groups excluding tert-OH is 3. The summed E-state index contributed by atoms with van der Waals surface area (Å²) in [6, 6.07) is 0. The maximum atomic E-state index is 11.7. The lowest BCUT2D eigenvalue weighted by molar-refractivity contribution is -0.0501. The molecule has 5 N–H and O–H groups in total. The summed E-state index contributed by atoms with van der Waals surface area (Å²) in [5.41, 5.74) is -0.139. The zero-order valence-corrected chi connectivity index (χ0v) is 11.1. The molecule has 0 bridgehead atoms. The Morgan fingerprint density at radius 2 is 2.24 bits per heavy atom. The smallest absolute Gasteiger partial charge is 0.278 e. The van der Waals surface area contributed by atoms with E-state index in [2.05, 4.69) is 20.3 Å². The summed E-state index contributed by atoms with van der Waals surface area (Å²) < 4.78 is 6.83. The average molecular weight is 297 g/mol. The highest BCUT2D eigenvalue weighted by Crippen LogP contribution is 2.33. The first-order valence-electron chi connectivity index (χ1n) is 6.34. The quantitative estimate of drug-likeness (QED) is 0.428. The zero-order valence-electron chi connectivity index (χ0n) is 11.1. The molecule has 1 aliphatic rings. The molecule has 3 heterocycles. The van der Waals surface area contributed by atoms with Gasteiger partial charge in [-0.25, -0.2) is 9.97 Å². The number of aliphatic hydroxyl groups is 3. The fraction of sp³-hybridized carbons (Fsp3) is 0.545. The third-order valence-corrected chi connectivity index (χ3v) is 3.48. The molecule has 114 valence electrons. The van der Waals surface area contributed by atoms with Crippen LogP contribution in [0.25, 0.3) is 11.2 Å². The van der Waals surface area contributed by atoms with Gasteiger partial charge in [0.2, 0.25) is 5.95 Å². The molecule has 3 rings (SSSR count). The molecule has 1 aliphatic heterocycles. The molecular weight excluding hydrogens is 282 g/mol. The highest BCUT2D eigenvalue weighted by Gasteiger charge is 2.44. The number of fused-ring (bicyclic) bond motifs is 1. The lowest BCUT2D eigenvalue weighted by Crippen LogP contribution is -2.33. The Morgan fingerprint density at radius 1 is 1.48 bits per heavy atom. The zero-order chi connectivity index (χ0) is 15.1. The Balaban J connectivity index is 2.16. The van der Waals surface area contributed by atoms with Crippen molar-refractivity contribution in [3.8, 4) is 0 Å². The average Bonchev–Trinajstić information content (AvgIpc) is 2.99. The van der Waals surface area contributed by atoms with Crippen molar-refractivity contribution >= 4 is 17.1 Å². The third-order valence-electron chi connectivity index (χ3n) is 3.48.